The zero-order valence-corrected chi connectivity index (χ0v) is 17.2. The SMILES string of the molecule is Cc1ccc(-c2ccc(/C=C(\C#N)C(=O)Nc3cc(C)nn3-c3ccccc3)o2)cc1. The summed E-state index contributed by atoms with van der Waals surface area (Å²) in [6, 6.07) is 24.6. The van der Waals surface area contributed by atoms with Gasteiger partial charge in [-0.1, -0.05) is 48.0 Å². The fourth-order valence-electron chi connectivity index (χ4n) is 3.13. The molecule has 0 saturated carbocycles. The second-order valence-electron chi connectivity index (χ2n) is 7.11. The Bertz CT molecular complexity index is 1290. The summed E-state index contributed by atoms with van der Waals surface area (Å²) in [5, 5.41) is 16.7. The Kier molecular flexibility index (Phi) is 5.50. The molecular weight excluding hydrogens is 388 g/mol. The van der Waals surface area contributed by atoms with E-state index >= 15 is 0 Å². The maximum atomic E-state index is 12.8. The van der Waals surface area contributed by atoms with Crippen molar-refractivity contribution in [2.45, 2.75) is 13.8 Å². The van der Waals surface area contributed by atoms with E-state index in [9.17, 15) is 10.1 Å². The van der Waals surface area contributed by atoms with Crippen molar-refractivity contribution in [2.24, 2.45) is 0 Å². The van der Waals surface area contributed by atoms with Gasteiger partial charge < -0.3 is 9.73 Å². The van der Waals surface area contributed by atoms with Crippen LogP contribution in [0.1, 0.15) is 17.0 Å². The van der Waals surface area contributed by atoms with Gasteiger partial charge in [0.25, 0.3) is 5.91 Å². The second kappa shape index (κ2) is 8.56. The zero-order valence-electron chi connectivity index (χ0n) is 17.2. The molecule has 0 aliphatic rings. The fourth-order valence-corrected chi connectivity index (χ4v) is 3.13. The van der Waals surface area contributed by atoms with Crippen LogP contribution in [0.2, 0.25) is 0 Å². The van der Waals surface area contributed by atoms with Gasteiger partial charge in [-0.15, -0.1) is 0 Å². The molecule has 0 atom stereocenters. The van der Waals surface area contributed by atoms with E-state index in [4.69, 9.17) is 4.42 Å². The van der Waals surface area contributed by atoms with Gasteiger partial charge in [0.1, 0.15) is 29.0 Å². The number of aryl methyl sites for hydroxylation is 2. The van der Waals surface area contributed by atoms with Gasteiger partial charge in [-0.3, -0.25) is 4.79 Å². The fraction of sp³-hybridized carbons (Fsp3) is 0.0800. The Morgan fingerprint density at radius 2 is 1.81 bits per heavy atom. The number of carbonyl (C=O) groups excluding carboxylic acids is 1. The molecule has 0 radical (unpaired) electrons. The number of benzene rings is 2. The highest BCUT2D eigenvalue weighted by atomic mass is 16.3. The molecule has 2 aromatic heterocycles. The molecule has 0 saturated heterocycles. The molecule has 0 fully saturated rings. The van der Waals surface area contributed by atoms with Crippen molar-refractivity contribution in [3.8, 4) is 23.1 Å². The summed E-state index contributed by atoms with van der Waals surface area (Å²) in [4.78, 5) is 12.8. The number of nitriles is 1. The lowest BCUT2D eigenvalue weighted by Crippen LogP contribution is -2.16. The Balaban J connectivity index is 1.57. The summed E-state index contributed by atoms with van der Waals surface area (Å²) in [6.07, 6.45) is 1.43. The van der Waals surface area contributed by atoms with E-state index in [1.807, 2.05) is 80.6 Å². The molecule has 4 aromatic rings. The number of nitrogens with one attached hydrogen (secondary N) is 1. The molecule has 6 nitrogen and oxygen atoms in total. The highest BCUT2D eigenvalue weighted by molar-refractivity contribution is 6.09. The third kappa shape index (κ3) is 4.46. The number of amides is 1. The lowest BCUT2D eigenvalue weighted by Gasteiger charge is -2.08. The molecule has 2 aromatic carbocycles. The van der Waals surface area contributed by atoms with Crippen molar-refractivity contribution in [2.75, 3.05) is 5.32 Å². The standard InChI is InChI=1S/C25H20N4O2/c1-17-8-10-19(11-9-17)23-13-12-22(31-23)15-20(16-26)25(30)27-24-14-18(2)28-29(24)21-6-4-3-5-7-21/h3-15H,1-2H3,(H,27,30)/b20-15+. The molecule has 2 heterocycles. The Morgan fingerprint density at radius 3 is 2.52 bits per heavy atom. The highest BCUT2D eigenvalue weighted by Crippen LogP contribution is 2.24. The monoisotopic (exact) mass is 408 g/mol. The first kappa shape index (κ1) is 19.9. The molecule has 6 heteroatoms. The molecule has 1 N–H and O–H groups in total. The van der Waals surface area contributed by atoms with Crippen LogP contribution in [0, 0.1) is 25.2 Å². The van der Waals surface area contributed by atoms with Gasteiger partial charge in [0, 0.05) is 17.7 Å². The van der Waals surface area contributed by atoms with Crippen molar-refractivity contribution in [1.82, 2.24) is 9.78 Å². The number of anilines is 1. The summed E-state index contributed by atoms with van der Waals surface area (Å²) in [5.41, 5.74) is 3.57. The van der Waals surface area contributed by atoms with Gasteiger partial charge in [-0.05, 0) is 38.1 Å². The third-order valence-electron chi connectivity index (χ3n) is 4.69. The molecule has 152 valence electrons. The first-order chi connectivity index (χ1) is 15.0. The van der Waals surface area contributed by atoms with Gasteiger partial charge in [0.15, 0.2) is 0 Å². The van der Waals surface area contributed by atoms with Gasteiger partial charge >= 0.3 is 0 Å². The van der Waals surface area contributed by atoms with E-state index in [0.29, 0.717) is 17.3 Å². The van der Waals surface area contributed by atoms with Crippen LogP contribution in [-0.2, 0) is 4.79 Å². The summed E-state index contributed by atoms with van der Waals surface area (Å²) in [7, 11) is 0. The molecule has 1 amide bonds. The Hall–Kier alpha value is -4.37. The van der Waals surface area contributed by atoms with Crippen molar-refractivity contribution < 1.29 is 9.21 Å². The lowest BCUT2D eigenvalue weighted by atomic mass is 10.1. The van der Waals surface area contributed by atoms with Crippen LogP contribution in [-0.4, -0.2) is 15.7 Å². The molecule has 31 heavy (non-hydrogen) atoms. The van der Waals surface area contributed by atoms with E-state index in [2.05, 4.69) is 10.4 Å². The van der Waals surface area contributed by atoms with Gasteiger partial charge in [0.05, 0.1) is 11.4 Å². The van der Waals surface area contributed by atoms with E-state index in [1.165, 1.54) is 6.08 Å². The van der Waals surface area contributed by atoms with Gasteiger partial charge in [0.2, 0.25) is 0 Å². The number of hydrogen-bond donors (Lipinski definition) is 1. The maximum absolute atomic E-state index is 12.8. The van der Waals surface area contributed by atoms with Crippen LogP contribution in [0.4, 0.5) is 5.82 Å². The quantitative estimate of drug-likeness (QED) is 0.359. The maximum Gasteiger partial charge on any atom is 0.267 e. The topological polar surface area (TPSA) is 83.9 Å². The minimum absolute atomic E-state index is 0.0664. The first-order valence-corrected chi connectivity index (χ1v) is 9.75. The molecule has 0 bridgehead atoms. The molecule has 4 rings (SSSR count). The van der Waals surface area contributed by atoms with E-state index < -0.39 is 5.91 Å². The van der Waals surface area contributed by atoms with Crippen LogP contribution in [0.3, 0.4) is 0 Å². The van der Waals surface area contributed by atoms with E-state index in [-0.39, 0.29) is 5.57 Å². The van der Waals surface area contributed by atoms with Crippen molar-refractivity contribution in [3.05, 3.63) is 95.4 Å². The molecule has 0 aliphatic carbocycles. The first-order valence-electron chi connectivity index (χ1n) is 9.75. The van der Waals surface area contributed by atoms with E-state index in [0.717, 1.165) is 22.5 Å². The van der Waals surface area contributed by atoms with Gasteiger partial charge in [-0.25, -0.2) is 4.68 Å². The molecule has 0 aliphatic heterocycles. The Labute approximate surface area is 180 Å². The molecule has 0 spiro atoms. The minimum atomic E-state index is -0.534. The number of nitrogens with zero attached hydrogens (tertiary/aromatic N) is 3. The zero-order chi connectivity index (χ0) is 21.8. The van der Waals surface area contributed by atoms with Crippen LogP contribution in [0.25, 0.3) is 23.1 Å². The predicted octanol–water partition coefficient (Wildman–Crippen LogP) is 5.29. The minimum Gasteiger partial charge on any atom is -0.457 e. The summed E-state index contributed by atoms with van der Waals surface area (Å²) >= 11 is 0. The Morgan fingerprint density at radius 1 is 1.06 bits per heavy atom. The van der Waals surface area contributed by atoms with Crippen molar-refractivity contribution in [3.63, 3.8) is 0 Å². The van der Waals surface area contributed by atoms with Crippen LogP contribution in [0.5, 0.6) is 0 Å². The van der Waals surface area contributed by atoms with Crippen LogP contribution >= 0.6 is 0 Å². The number of carbonyl (C=O) groups is 1. The molecule has 0 unspecified atom stereocenters. The smallest absolute Gasteiger partial charge is 0.267 e. The third-order valence-corrected chi connectivity index (χ3v) is 4.69. The van der Waals surface area contributed by atoms with Crippen molar-refractivity contribution >= 4 is 17.8 Å². The van der Waals surface area contributed by atoms with Crippen LogP contribution < -0.4 is 5.32 Å². The number of furan rings is 1. The number of para-hydroxylation sites is 1. The number of aromatic nitrogens is 2. The summed E-state index contributed by atoms with van der Waals surface area (Å²) in [6.45, 7) is 3.86. The molecular formula is C25H20N4O2. The predicted molar refractivity (Wildman–Crippen MR) is 119 cm³/mol. The van der Waals surface area contributed by atoms with Crippen molar-refractivity contribution in [1.29, 1.82) is 5.26 Å². The average molecular weight is 408 g/mol. The number of hydrogen-bond acceptors (Lipinski definition) is 4. The lowest BCUT2D eigenvalue weighted by molar-refractivity contribution is -0.112. The summed E-state index contributed by atoms with van der Waals surface area (Å²) < 4.78 is 7.44. The van der Waals surface area contributed by atoms with E-state index in [1.54, 1.807) is 16.8 Å². The van der Waals surface area contributed by atoms with Crippen LogP contribution in [0.15, 0.2) is 82.8 Å². The normalized spacial score (nSPS) is 11.2. The summed E-state index contributed by atoms with van der Waals surface area (Å²) in [5.74, 6) is 1.04. The highest BCUT2D eigenvalue weighted by Gasteiger charge is 2.15. The van der Waals surface area contributed by atoms with Gasteiger partial charge in [-0.2, -0.15) is 10.4 Å². The number of rotatable bonds is 5. The largest absolute Gasteiger partial charge is 0.457 e. The average Bonchev–Trinajstić information content (AvgIpc) is 3.39. The second-order valence-corrected chi connectivity index (χ2v) is 7.11.